The second kappa shape index (κ2) is 7.52. The van der Waals surface area contributed by atoms with Gasteiger partial charge in [-0.1, -0.05) is 13.3 Å². The van der Waals surface area contributed by atoms with Crippen LogP contribution in [0.4, 0.5) is 0 Å². The van der Waals surface area contributed by atoms with Gasteiger partial charge in [0.15, 0.2) is 0 Å². The molecule has 2 nitrogen and oxygen atoms in total. The van der Waals surface area contributed by atoms with Gasteiger partial charge in [-0.2, -0.15) is 0 Å². The van der Waals surface area contributed by atoms with E-state index < -0.39 is 0 Å². The predicted molar refractivity (Wildman–Crippen MR) is 72.3 cm³/mol. The summed E-state index contributed by atoms with van der Waals surface area (Å²) in [4.78, 5) is 2.75. The van der Waals surface area contributed by atoms with E-state index >= 15 is 0 Å². The van der Waals surface area contributed by atoms with Crippen molar-refractivity contribution in [3.63, 3.8) is 0 Å². The van der Waals surface area contributed by atoms with Crippen molar-refractivity contribution in [1.82, 2.24) is 10.2 Å². The summed E-state index contributed by atoms with van der Waals surface area (Å²) in [6, 6.07) is 0.866. The highest BCUT2D eigenvalue weighted by atomic mass is 35.5. The van der Waals surface area contributed by atoms with E-state index in [0.29, 0.717) is 0 Å². The van der Waals surface area contributed by atoms with Gasteiger partial charge in [-0.3, -0.25) is 0 Å². The van der Waals surface area contributed by atoms with E-state index in [2.05, 4.69) is 17.1 Å². The lowest BCUT2D eigenvalue weighted by Gasteiger charge is -2.36. The van der Waals surface area contributed by atoms with Crippen molar-refractivity contribution in [2.45, 2.75) is 51.5 Å². The van der Waals surface area contributed by atoms with Crippen LogP contribution >= 0.6 is 12.4 Å². The van der Waals surface area contributed by atoms with Gasteiger partial charge in [-0.05, 0) is 57.7 Å². The average molecular weight is 247 g/mol. The van der Waals surface area contributed by atoms with Crippen LogP contribution in [0.2, 0.25) is 0 Å². The molecule has 2 fully saturated rings. The van der Waals surface area contributed by atoms with Gasteiger partial charge >= 0.3 is 0 Å². The van der Waals surface area contributed by atoms with Crippen molar-refractivity contribution < 1.29 is 0 Å². The van der Waals surface area contributed by atoms with Crippen molar-refractivity contribution in [3.05, 3.63) is 0 Å². The van der Waals surface area contributed by atoms with Gasteiger partial charge in [-0.25, -0.2) is 0 Å². The Morgan fingerprint density at radius 2 is 1.88 bits per heavy atom. The predicted octanol–water partition coefficient (Wildman–Crippen LogP) is 2.67. The fraction of sp³-hybridized carbons (Fsp3) is 1.00. The normalized spacial score (nSPS) is 27.0. The van der Waals surface area contributed by atoms with Gasteiger partial charge in [0.2, 0.25) is 0 Å². The maximum atomic E-state index is 3.51. The Kier molecular flexibility index (Phi) is 6.71. The minimum absolute atomic E-state index is 0. The Morgan fingerprint density at radius 3 is 2.50 bits per heavy atom. The molecule has 0 radical (unpaired) electrons. The minimum Gasteiger partial charge on any atom is -0.317 e. The quantitative estimate of drug-likeness (QED) is 0.821. The topological polar surface area (TPSA) is 15.3 Å². The Bertz CT molecular complexity index is 175. The first-order chi connectivity index (χ1) is 7.40. The third-order valence-corrected chi connectivity index (χ3v) is 4.19. The molecule has 0 spiro atoms. The first-order valence-electron chi connectivity index (χ1n) is 6.85. The van der Waals surface area contributed by atoms with Crippen LogP contribution in [0.25, 0.3) is 0 Å². The Morgan fingerprint density at radius 1 is 1.06 bits per heavy atom. The summed E-state index contributed by atoms with van der Waals surface area (Å²) >= 11 is 0. The molecule has 1 aliphatic heterocycles. The summed E-state index contributed by atoms with van der Waals surface area (Å²) in [5.41, 5.74) is 0. The number of rotatable bonds is 4. The highest BCUT2D eigenvalue weighted by Gasteiger charge is 2.24. The Balaban J connectivity index is 0.00000128. The van der Waals surface area contributed by atoms with Gasteiger partial charge in [0.25, 0.3) is 0 Å². The Labute approximate surface area is 107 Å². The van der Waals surface area contributed by atoms with Crippen LogP contribution in [0.3, 0.4) is 0 Å². The summed E-state index contributed by atoms with van der Waals surface area (Å²) in [7, 11) is 0. The highest BCUT2D eigenvalue weighted by Crippen LogP contribution is 2.28. The van der Waals surface area contributed by atoms with Crippen LogP contribution in [0.5, 0.6) is 0 Å². The summed E-state index contributed by atoms with van der Waals surface area (Å²) < 4.78 is 0. The third-order valence-electron chi connectivity index (χ3n) is 4.19. The van der Waals surface area contributed by atoms with Crippen molar-refractivity contribution in [2.24, 2.45) is 5.92 Å². The Hall–Kier alpha value is 0.210. The smallest absolute Gasteiger partial charge is 0.0108 e. The van der Waals surface area contributed by atoms with E-state index in [1.165, 1.54) is 64.7 Å². The van der Waals surface area contributed by atoms with E-state index in [9.17, 15) is 0 Å². The molecular formula is C13H27ClN2. The molecule has 1 heterocycles. The lowest BCUT2D eigenvalue weighted by Crippen LogP contribution is -2.40. The molecule has 1 unspecified atom stereocenters. The molecule has 0 amide bonds. The lowest BCUT2D eigenvalue weighted by atomic mass is 9.84. The number of hydrogen-bond donors (Lipinski definition) is 1. The van der Waals surface area contributed by atoms with E-state index in [0.717, 1.165) is 12.0 Å². The maximum Gasteiger partial charge on any atom is 0.0108 e. The van der Waals surface area contributed by atoms with Crippen molar-refractivity contribution in [2.75, 3.05) is 26.2 Å². The van der Waals surface area contributed by atoms with E-state index in [-0.39, 0.29) is 12.4 Å². The lowest BCUT2D eigenvalue weighted by molar-refractivity contribution is 0.130. The second-order valence-electron chi connectivity index (χ2n) is 5.22. The molecule has 1 atom stereocenters. The summed E-state index contributed by atoms with van der Waals surface area (Å²) in [5.74, 6) is 1.03. The van der Waals surface area contributed by atoms with E-state index in [1.807, 2.05) is 0 Å². The number of nitrogens with one attached hydrogen (secondary N) is 1. The fourth-order valence-corrected chi connectivity index (χ4v) is 2.91. The molecule has 2 aliphatic rings. The van der Waals surface area contributed by atoms with Gasteiger partial charge in [0, 0.05) is 12.6 Å². The van der Waals surface area contributed by atoms with Gasteiger partial charge < -0.3 is 10.2 Å². The maximum absolute atomic E-state index is 3.51. The molecule has 0 aromatic heterocycles. The standard InChI is InChI=1S/C13H26N2.ClH/c1-2-15(11-12-5-3-6-12)13-7-4-9-14-10-8-13;/h12-14H,2-11H2,1H3;1H. The van der Waals surface area contributed by atoms with Crippen LogP contribution in [-0.4, -0.2) is 37.1 Å². The van der Waals surface area contributed by atoms with Crippen LogP contribution in [0.15, 0.2) is 0 Å². The molecule has 1 N–H and O–H groups in total. The van der Waals surface area contributed by atoms with Crippen LogP contribution in [-0.2, 0) is 0 Å². The van der Waals surface area contributed by atoms with E-state index in [4.69, 9.17) is 0 Å². The zero-order valence-electron chi connectivity index (χ0n) is 10.6. The molecule has 3 heteroatoms. The number of nitrogens with zero attached hydrogens (tertiary/aromatic N) is 1. The number of halogens is 1. The fourth-order valence-electron chi connectivity index (χ4n) is 2.91. The molecule has 0 aromatic carbocycles. The third kappa shape index (κ3) is 3.90. The molecule has 96 valence electrons. The van der Waals surface area contributed by atoms with Crippen molar-refractivity contribution in [3.8, 4) is 0 Å². The molecule has 16 heavy (non-hydrogen) atoms. The zero-order valence-corrected chi connectivity index (χ0v) is 11.4. The van der Waals surface area contributed by atoms with Gasteiger partial charge in [0.1, 0.15) is 0 Å². The molecular weight excluding hydrogens is 220 g/mol. The van der Waals surface area contributed by atoms with Gasteiger partial charge in [-0.15, -0.1) is 12.4 Å². The largest absolute Gasteiger partial charge is 0.317 e. The SMILES string of the molecule is CCN(CC1CCC1)C1CCCNCC1.Cl. The summed E-state index contributed by atoms with van der Waals surface area (Å²) in [6.45, 7) is 7.42. The molecule has 0 bridgehead atoms. The monoisotopic (exact) mass is 246 g/mol. The molecule has 0 aromatic rings. The summed E-state index contributed by atoms with van der Waals surface area (Å²) in [5, 5.41) is 3.51. The zero-order chi connectivity index (χ0) is 10.5. The number of hydrogen-bond acceptors (Lipinski definition) is 2. The van der Waals surface area contributed by atoms with Crippen LogP contribution < -0.4 is 5.32 Å². The first kappa shape index (κ1) is 14.3. The highest BCUT2D eigenvalue weighted by molar-refractivity contribution is 5.85. The molecule has 2 rings (SSSR count). The average Bonchev–Trinajstić information content (AvgIpc) is 2.45. The van der Waals surface area contributed by atoms with Gasteiger partial charge in [0.05, 0.1) is 0 Å². The van der Waals surface area contributed by atoms with Crippen LogP contribution in [0, 0.1) is 5.92 Å². The van der Waals surface area contributed by atoms with E-state index in [1.54, 1.807) is 0 Å². The minimum atomic E-state index is 0. The summed E-state index contributed by atoms with van der Waals surface area (Å²) in [6.07, 6.45) is 8.59. The van der Waals surface area contributed by atoms with Crippen molar-refractivity contribution in [1.29, 1.82) is 0 Å². The van der Waals surface area contributed by atoms with Crippen molar-refractivity contribution >= 4 is 12.4 Å². The molecule has 1 saturated heterocycles. The van der Waals surface area contributed by atoms with Crippen LogP contribution in [0.1, 0.15) is 45.4 Å². The molecule has 1 aliphatic carbocycles. The second-order valence-corrected chi connectivity index (χ2v) is 5.22. The molecule has 1 saturated carbocycles. The first-order valence-corrected chi connectivity index (χ1v) is 6.85.